The van der Waals surface area contributed by atoms with Gasteiger partial charge in [0.2, 0.25) is 0 Å². The lowest BCUT2D eigenvalue weighted by Crippen LogP contribution is -2.44. The van der Waals surface area contributed by atoms with Crippen LogP contribution >= 0.6 is 11.6 Å². The highest BCUT2D eigenvalue weighted by Gasteiger charge is 2.52. The standard InChI is InChI=1S/C18H25BClNO4/c1-12-11-21(8-9-23-12)16(22)13-6-7-14(15(20)10-13)19-24-17(2,3)18(4,5)25-19/h6-7,10,12H,8-9,11H2,1-5H3. The molecule has 5 nitrogen and oxygen atoms in total. The summed E-state index contributed by atoms with van der Waals surface area (Å²) < 4.78 is 17.6. The molecule has 0 aromatic heterocycles. The Morgan fingerprint density at radius 3 is 2.44 bits per heavy atom. The van der Waals surface area contributed by atoms with Crippen molar-refractivity contribution in [1.82, 2.24) is 4.90 Å². The molecule has 3 rings (SSSR count). The molecule has 136 valence electrons. The number of halogens is 1. The molecule has 0 saturated carbocycles. The summed E-state index contributed by atoms with van der Waals surface area (Å²) in [5.74, 6) is -0.0301. The zero-order valence-corrected chi connectivity index (χ0v) is 16.2. The number of morpholine rings is 1. The van der Waals surface area contributed by atoms with Gasteiger partial charge in [-0.3, -0.25) is 4.79 Å². The van der Waals surface area contributed by atoms with Crippen molar-refractivity contribution in [3.63, 3.8) is 0 Å². The van der Waals surface area contributed by atoms with Crippen LogP contribution in [0.4, 0.5) is 0 Å². The molecule has 1 aromatic carbocycles. The fraction of sp³-hybridized carbons (Fsp3) is 0.611. The van der Waals surface area contributed by atoms with Gasteiger partial charge in [0.05, 0.1) is 23.9 Å². The van der Waals surface area contributed by atoms with Crippen molar-refractivity contribution in [1.29, 1.82) is 0 Å². The molecule has 1 atom stereocenters. The first-order valence-corrected chi connectivity index (χ1v) is 9.04. The smallest absolute Gasteiger partial charge is 0.399 e. The predicted molar refractivity (Wildman–Crippen MR) is 98.5 cm³/mol. The van der Waals surface area contributed by atoms with Crippen molar-refractivity contribution in [3.8, 4) is 0 Å². The van der Waals surface area contributed by atoms with Crippen molar-refractivity contribution in [2.24, 2.45) is 0 Å². The summed E-state index contributed by atoms with van der Waals surface area (Å²) in [5.41, 5.74) is 0.449. The van der Waals surface area contributed by atoms with Crippen LogP contribution in [0.1, 0.15) is 45.0 Å². The van der Waals surface area contributed by atoms with Crippen LogP contribution < -0.4 is 5.46 Å². The Kier molecular flexibility index (Phi) is 4.92. The second kappa shape index (κ2) is 6.58. The lowest BCUT2D eigenvalue weighted by atomic mass is 9.78. The Labute approximate surface area is 154 Å². The third-order valence-corrected chi connectivity index (χ3v) is 5.61. The average Bonchev–Trinajstić information content (AvgIpc) is 2.74. The SMILES string of the molecule is CC1CN(C(=O)c2ccc(B3OC(C)(C)C(C)(C)O3)c(Cl)c2)CCO1. The zero-order valence-electron chi connectivity index (χ0n) is 15.5. The van der Waals surface area contributed by atoms with E-state index in [1.54, 1.807) is 17.0 Å². The third kappa shape index (κ3) is 3.58. The van der Waals surface area contributed by atoms with Crippen LogP contribution in [-0.4, -0.2) is 54.9 Å². The molecule has 2 aliphatic heterocycles. The van der Waals surface area contributed by atoms with Gasteiger partial charge in [0, 0.05) is 29.1 Å². The summed E-state index contributed by atoms with van der Waals surface area (Å²) in [7, 11) is -0.537. The molecule has 2 aliphatic rings. The van der Waals surface area contributed by atoms with Gasteiger partial charge in [-0.2, -0.15) is 0 Å². The molecule has 25 heavy (non-hydrogen) atoms. The third-order valence-electron chi connectivity index (χ3n) is 5.28. The topological polar surface area (TPSA) is 48.0 Å². The van der Waals surface area contributed by atoms with Crippen molar-refractivity contribution in [2.45, 2.75) is 51.9 Å². The highest BCUT2D eigenvalue weighted by molar-refractivity contribution is 6.65. The van der Waals surface area contributed by atoms with Gasteiger partial charge in [-0.15, -0.1) is 0 Å². The molecule has 0 radical (unpaired) electrons. The minimum absolute atomic E-state index is 0.0301. The van der Waals surface area contributed by atoms with E-state index in [1.165, 1.54) is 0 Å². The molecule has 1 amide bonds. The van der Waals surface area contributed by atoms with E-state index in [4.69, 9.17) is 25.6 Å². The molecule has 2 heterocycles. The highest BCUT2D eigenvalue weighted by atomic mass is 35.5. The molecule has 0 aliphatic carbocycles. The minimum atomic E-state index is -0.537. The fourth-order valence-electron chi connectivity index (χ4n) is 3.01. The van der Waals surface area contributed by atoms with Gasteiger partial charge < -0.3 is 18.9 Å². The van der Waals surface area contributed by atoms with Crippen molar-refractivity contribution in [3.05, 3.63) is 28.8 Å². The summed E-state index contributed by atoms with van der Waals surface area (Å²) in [4.78, 5) is 14.5. The lowest BCUT2D eigenvalue weighted by molar-refractivity contribution is -0.0124. The van der Waals surface area contributed by atoms with Gasteiger partial charge in [-0.05, 0) is 46.8 Å². The van der Waals surface area contributed by atoms with Crippen LogP contribution in [0.5, 0.6) is 0 Å². The fourth-order valence-corrected chi connectivity index (χ4v) is 3.28. The molecule has 2 fully saturated rings. The van der Waals surface area contributed by atoms with E-state index in [1.807, 2.05) is 40.7 Å². The molecule has 1 aromatic rings. The van der Waals surface area contributed by atoms with E-state index in [0.29, 0.717) is 30.3 Å². The molecular weight excluding hydrogens is 340 g/mol. The first-order valence-electron chi connectivity index (χ1n) is 8.67. The average molecular weight is 366 g/mol. The Hall–Kier alpha value is -1.08. The minimum Gasteiger partial charge on any atom is -0.399 e. The van der Waals surface area contributed by atoms with Crippen LogP contribution in [-0.2, 0) is 14.0 Å². The monoisotopic (exact) mass is 365 g/mol. The number of rotatable bonds is 2. The largest absolute Gasteiger partial charge is 0.496 e. The summed E-state index contributed by atoms with van der Waals surface area (Å²) in [6, 6.07) is 5.31. The van der Waals surface area contributed by atoms with E-state index in [2.05, 4.69) is 0 Å². The maximum Gasteiger partial charge on any atom is 0.496 e. The van der Waals surface area contributed by atoms with Crippen LogP contribution in [0.2, 0.25) is 5.02 Å². The van der Waals surface area contributed by atoms with E-state index < -0.39 is 18.3 Å². The molecular formula is C18H25BClNO4. The van der Waals surface area contributed by atoms with Crippen LogP contribution in [0.3, 0.4) is 0 Å². The zero-order chi connectivity index (χ0) is 18.4. The first kappa shape index (κ1) is 18.7. The molecule has 2 saturated heterocycles. The molecule has 7 heteroatoms. The quantitative estimate of drug-likeness (QED) is 0.756. The van der Waals surface area contributed by atoms with Gasteiger partial charge in [0.15, 0.2) is 0 Å². The van der Waals surface area contributed by atoms with E-state index in [-0.39, 0.29) is 12.0 Å². The number of carbonyl (C=O) groups excluding carboxylic acids is 1. The van der Waals surface area contributed by atoms with Crippen molar-refractivity contribution >= 4 is 30.1 Å². The number of nitrogens with zero attached hydrogens (tertiary/aromatic N) is 1. The van der Waals surface area contributed by atoms with Gasteiger partial charge in [0.1, 0.15) is 0 Å². The van der Waals surface area contributed by atoms with Crippen molar-refractivity contribution < 1.29 is 18.8 Å². The summed E-state index contributed by atoms with van der Waals surface area (Å²) in [6.07, 6.45) is 0.0530. The number of hydrogen-bond donors (Lipinski definition) is 0. The normalized spacial score (nSPS) is 25.3. The number of benzene rings is 1. The molecule has 1 unspecified atom stereocenters. The first-order chi connectivity index (χ1) is 11.6. The Morgan fingerprint density at radius 1 is 1.24 bits per heavy atom. The Morgan fingerprint density at radius 2 is 1.88 bits per heavy atom. The summed E-state index contributed by atoms with van der Waals surface area (Å²) in [5, 5.41) is 0.477. The second-order valence-electron chi connectivity index (χ2n) is 7.76. The second-order valence-corrected chi connectivity index (χ2v) is 8.16. The summed E-state index contributed by atoms with van der Waals surface area (Å²) in [6.45, 7) is 11.7. The number of ether oxygens (including phenoxy) is 1. The Balaban J connectivity index is 1.79. The maximum atomic E-state index is 12.7. The van der Waals surface area contributed by atoms with E-state index in [0.717, 1.165) is 5.46 Å². The van der Waals surface area contributed by atoms with Crippen LogP contribution in [0.25, 0.3) is 0 Å². The number of hydrogen-bond acceptors (Lipinski definition) is 4. The van der Waals surface area contributed by atoms with Crippen LogP contribution in [0, 0.1) is 0 Å². The molecule has 0 spiro atoms. The van der Waals surface area contributed by atoms with E-state index >= 15 is 0 Å². The van der Waals surface area contributed by atoms with Gasteiger partial charge >= 0.3 is 7.12 Å². The summed E-state index contributed by atoms with van der Waals surface area (Å²) >= 11 is 6.45. The van der Waals surface area contributed by atoms with Gasteiger partial charge in [-0.1, -0.05) is 17.7 Å². The van der Waals surface area contributed by atoms with Crippen molar-refractivity contribution in [2.75, 3.05) is 19.7 Å². The number of amides is 1. The number of carbonyl (C=O) groups is 1. The van der Waals surface area contributed by atoms with E-state index in [9.17, 15) is 4.79 Å². The highest BCUT2D eigenvalue weighted by Crippen LogP contribution is 2.37. The molecule has 0 N–H and O–H groups in total. The molecule has 0 bridgehead atoms. The lowest BCUT2D eigenvalue weighted by Gasteiger charge is -2.32. The predicted octanol–water partition coefficient (Wildman–Crippen LogP) is 2.50. The van der Waals surface area contributed by atoms with Gasteiger partial charge in [0.25, 0.3) is 5.91 Å². The Bertz CT molecular complexity index is 663. The van der Waals surface area contributed by atoms with Gasteiger partial charge in [-0.25, -0.2) is 0 Å². The van der Waals surface area contributed by atoms with Crippen LogP contribution in [0.15, 0.2) is 18.2 Å². The maximum absolute atomic E-state index is 12.7.